The molecule has 0 heterocycles. The van der Waals surface area contributed by atoms with E-state index in [1.54, 1.807) is 12.1 Å². The minimum atomic E-state index is -0.387. The van der Waals surface area contributed by atoms with Gasteiger partial charge in [0, 0.05) is 31.8 Å². The molecule has 2 aromatic rings. The topological polar surface area (TPSA) is 75.4 Å². The van der Waals surface area contributed by atoms with Gasteiger partial charge in [-0.1, -0.05) is 42.5 Å². The third-order valence-electron chi connectivity index (χ3n) is 3.59. The molecule has 0 radical (unpaired) electrons. The SMILES string of the molecule is O=[N+]([O-])c1cccc(CNCC(CCO)c2ccccc2)c1. The Labute approximate surface area is 129 Å². The molecule has 116 valence electrons. The highest BCUT2D eigenvalue weighted by Gasteiger charge is 2.11. The van der Waals surface area contributed by atoms with Gasteiger partial charge in [0.2, 0.25) is 0 Å². The Morgan fingerprint density at radius 2 is 1.91 bits per heavy atom. The van der Waals surface area contributed by atoms with E-state index in [0.717, 1.165) is 5.56 Å². The van der Waals surface area contributed by atoms with E-state index in [-0.39, 0.29) is 23.1 Å². The van der Waals surface area contributed by atoms with Crippen LogP contribution in [0.3, 0.4) is 0 Å². The molecule has 0 aliphatic carbocycles. The lowest BCUT2D eigenvalue weighted by atomic mass is 9.96. The summed E-state index contributed by atoms with van der Waals surface area (Å²) in [4.78, 5) is 10.4. The highest BCUT2D eigenvalue weighted by atomic mass is 16.6. The maximum Gasteiger partial charge on any atom is 0.269 e. The Hall–Kier alpha value is -2.24. The van der Waals surface area contributed by atoms with Crippen LogP contribution in [0, 0.1) is 10.1 Å². The van der Waals surface area contributed by atoms with E-state index in [4.69, 9.17) is 0 Å². The summed E-state index contributed by atoms with van der Waals surface area (Å²) in [6, 6.07) is 16.7. The average Bonchev–Trinajstić information content (AvgIpc) is 2.55. The van der Waals surface area contributed by atoms with Crippen LogP contribution in [0.1, 0.15) is 23.5 Å². The maximum atomic E-state index is 10.8. The zero-order valence-corrected chi connectivity index (χ0v) is 12.3. The lowest BCUT2D eigenvalue weighted by molar-refractivity contribution is -0.384. The van der Waals surface area contributed by atoms with E-state index < -0.39 is 0 Å². The van der Waals surface area contributed by atoms with Gasteiger partial charge in [0.1, 0.15) is 0 Å². The predicted octanol–water partition coefficient (Wildman–Crippen LogP) is 2.85. The van der Waals surface area contributed by atoms with E-state index >= 15 is 0 Å². The molecule has 2 N–H and O–H groups in total. The number of non-ortho nitro benzene ring substituents is 1. The van der Waals surface area contributed by atoms with Crippen molar-refractivity contribution in [1.29, 1.82) is 0 Å². The first kappa shape index (κ1) is 16.1. The Kier molecular flexibility index (Phi) is 6.06. The molecule has 0 spiro atoms. The molecule has 2 rings (SSSR count). The van der Waals surface area contributed by atoms with Crippen LogP contribution in [0.15, 0.2) is 54.6 Å². The second-order valence-corrected chi connectivity index (χ2v) is 5.18. The zero-order chi connectivity index (χ0) is 15.8. The normalized spacial score (nSPS) is 12.0. The highest BCUT2D eigenvalue weighted by Crippen LogP contribution is 2.18. The van der Waals surface area contributed by atoms with Crippen LogP contribution < -0.4 is 5.32 Å². The van der Waals surface area contributed by atoms with Gasteiger partial charge in [-0.2, -0.15) is 0 Å². The number of nitrogens with one attached hydrogen (secondary N) is 1. The number of nitrogens with zero attached hydrogens (tertiary/aromatic N) is 1. The molecule has 0 amide bonds. The summed E-state index contributed by atoms with van der Waals surface area (Å²) in [5.41, 5.74) is 2.17. The molecule has 2 aromatic carbocycles. The van der Waals surface area contributed by atoms with E-state index in [1.165, 1.54) is 11.6 Å². The van der Waals surface area contributed by atoms with E-state index in [0.29, 0.717) is 19.5 Å². The number of aliphatic hydroxyl groups is 1. The fourth-order valence-corrected chi connectivity index (χ4v) is 2.44. The largest absolute Gasteiger partial charge is 0.396 e. The summed E-state index contributed by atoms with van der Waals surface area (Å²) >= 11 is 0. The lowest BCUT2D eigenvalue weighted by Gasteiger charge is -2.17. The molecule has 0 saturated carbocycles. The summed E-state index contributed by atoms with van der Waals surface area (Å²) in [7, 11) is 0. The van der Waals surface area contributed by atoms with Crippen molar-refractivity contribution in [3.8, 4) is 0 Å². The molecule has 0 aliphatic rings. The summed E-state index contributed by atoms with van der Waals surface area (Å²) in [6.45, 7) is 1.42. The number of hydrogen-bond donors (Lipinski definition) is 2. The summed E-state index contributed by atoms with van der Waals surface area (Å²) < 4.78 is 0. The molecular weight excluding hydrogens is 280 g/mol. The van der Waals surface area contributed by atoms with Crippen molar-refractivity contribution >= 4 is 5.69 Å². The Morgan fingerprint density at radius 1 is 1.14 bits per heavy atom. The number of nitro benzene ring substituents is 1. The molecule has 5 heteroatoms. The Bertz CT molecular complexity index is 602. The van der Waals surface area contributed by atoms with Gasteiger partial charge in [-0.05, 0) is 23.5 Å². The first-order chi connectivity index (χ1) is 10.7. The molecule has 0 fully saturated rings. The molecule has 0 bridgehead atoms. The standard InChI is InChI=1S/C17H20N2O3/c20-10-9-16(15-6-2-1-3-7-15)13-18-12-14-5-4-8-17(11-14)19(21)22/h1-8,11,16,18,20H,9-10,12-13H2. The third-order valence-corrected chi connectivity index (χ3v) is 3.59. The third kappa shape index (κ3) is 4.65. The fraction of sp³-hybridized carbons (Fsp3) is 0.294. The van der Waals surface area contributed by atoms with Gasteiger partial charge in [-0.25, -0.2) is 0 Å². The van der Waals surface area contributed by atoms with Crippen LogP contribution in [0.5, 0.6) is 0 Å². The number of aliphatic hydroxyl groups excluding tert-OH is 1. The van der Waals surface area contributed by atoms with E-state index in [2.05, 4.69) is 17.4 Å². The van der Waals surface area contributed by atoms with Crippen molar-refractivity contribution in [3.05, 3.63) is 75.8 Å². The lowest BCUT2D eigenvalue weighted by Crippen LogP contribution is -2.22. The van der Waals surface area contributed by atoms with Crippen LogP contribution in [0.25, 0.3) is 0 Å². The molecule has 5 nitrogen and oxygen atoms in total. The van der Waals surface area contributed by atoms with Gasteiger partial charge in [-0.3, -0.25) is 10.1 Å². The predicted molar refractivity (Wildman–Crippen MR) is 85.7 cm³/mol. The van der Waals surface area contributed by atoms with Crippen molar-refractivity contribution < 1.29 is 10.0 Å². The number of nitro groups is 1. The second-order valence-electron chi connectivity index (χ2n) is 5.18. The van der Waals surface area contributed by atoms with Crippen LogP contribution in [0.2, 0.25) is 0 Å². The van der Waals surface area contributed by atoms with Crippen molar-refractivity contribution in [3.63, 3.8) is 0 Å². The minimum absolute atomic E-state index is 0.106. The van der Waals surface area contributed by atoms with Crippen molar-refractivity contribution in [1.82, 2.24) is 5.32 Å². The zero-order valence-electron chi connectivity index (χ0n) is 12.3. The molecule has 0 aliphatic heterocycles. The first-order valence-electron chi connectivity index (χ1n) is 7.30. The Morgan fingerprint density at radius 3 is 2.59 bits per heavy atom. The summed E-state index contributed by atoms with van der Waals surface area (Å²) in [6.07, 6.45) is 0.686. The van der Waals surface area contributed by atoms with Gasteiger partial charge in [0.05, 0.1) is 4.92 Å². The maximum absolute atomic E-state index is 10.8. The Balaban J connectivity index is 1.93. The number of benzene rings is 2. The monoisotopic (exact) mass is 300 g/mol. The highest BCUT2D eigenvalue weighted by molar-refractivity contribution is 5.34. The molecule has 1 atom stereocenters. The number of rotatable bonds is 8. The van der Waals surface area contributed by atoms with Gasteiger partial charge >= 0.3 is 0 Å². The van der Waals surface area contributed by atoms with Crippen molar-refractivity contribution in [2.75, 3.05) is 13.2 Å². The van der Waals surface area contributed by atoms with Gasteiger partial charge in [-0.15, -0.1) is 0 Å². The molecule has 22 heavy (non-hydrogen) atoms. The van der Waals surface area contributed by atoms with E-state index in [1.807, 2.05) is 24.3 Å². The quantitative estimate of drug-likeness (QED) is 0.580. The summed E-state index contributed by atoms with van der Waals surface area (Å²) in [5.74, 6) is 0.227. The minimum Gasteiger partial charge on any atom is -0.396 e. The van der Waals surface area contributed by atoms with Crippen LogP contribution in [-0.4, -0.2) is 23.2 Å². The molecule has 1 unspecified atom stereocenters. The van der Waals surface area contributed by atoms with Gasteiger partial charge in [0.15, 0.2) is 0 Å². The second kappa shape index (κ2) is 8.26. The van der Waals surface area contributed by atoms with Crippen molar-refractivity contribution in [2.24, 2.45) is 0 Å². The first-order valence-corrected chi connectivity index (χ1v) is 7.30. The summed E-state index contributed by atoms with van der Waals surface area (Å²) in [5, 5.41) is 23.3. The molecule has 0 saturated heterocycles. The van der Waals surface area contributed by atoms with Crippen LogP contribution >= 0.6 is 0 Å². The average molecular weight is 300 g/mol. The van der Waals surface area contributed by atoms with Crippen LogP contribution in [0.4, 0.5) is 5.69 Å². The number of hydrogen-bond acceptors (Lipinski definition) is 4. The smallest absolute Gasteiger partial charge is 0.269 e. The van der Waals surface area contributed by atoms with Gasteiger partial charge in [0.25, 0.3) is 5.69 Å². The molecule has 0 aromatic heterocycles. The molecular formula is C17H20N2O3. The van der Waals surface area contributed by atoms with Crippen molar-refractivity contribution in [2.45, 2.75) is 18.9 Å². The van der Waals surface area contributed by atoms with E-state index in [9.17, 15) is 15.2 Å². The van der Waals surface area contributed by atoms with Gasteiger partial charge < -0.3 is 10.4 Å². The van der Waals surface area contributed by atoms with Crippen LogP contribution in [-0.2, 0) is 6.54 Å². The fourth-order valence-electron chi connectivity index (χ4n) is 2.44.